The van der Waals surface area contributed by atoms with Gasteiger partial charge in [-0.15, -0.1) is 0 Å². The highest BCUT2D eigenvalue weighted by atomic mass is 35.5. The summed E-state index contributed by atoms with van der Waals surface area (Å²) in [6, 6.07) is 15.9. The molecular formula is C22H22Cl2N4O. The lowest BCUT2D eigenvalue weighted by atomic mass is 9.96. The molecular weight excluding hydrogens is 407 g/mol. The number of aromatic nitrogens is 2. The Balaban J connectivity index is 1.54. The molecule has 0 N–H and O–H groups in total. The molecule has 1 aromatic heterocycles. The molecule has 0 radical (unpaired) electrons. The summed E-state index contributed by atoms with van der Waals surface area (Å²) >= 11 is 12.2. The van der Waals surface area contributed by atoms with Gasteiger partial charge in [0.2, 0.25) is 0 Å². The van der Waals surface area contributed by atoms with E-state index >= 15 is 0 Å². The standard InChI is InChI=1S/C22H22Cl2N4O/c1-16-14-25-28(15-16)22(29)27-12-10-26(11-13-27)21(17-2-6-19(23)7-3-17)18-4-8-20(24)9-5-18/h2-9,14-15,21H,10-13H2,1H3. The Labute approximate surface area is 180 Å². The van der Waals surface area contributed by atoms with Crippen LogP contribution >= 0.6 is 23.2 Å². The predicted molar refractivity (Wildman–Crippen MR) is 116 cm³/mol. The SMILES string of the molecule is Cc1cnn(C(=O)N2CCN(C(c3ccc(Cl)cc3)c3ccc(Cl)cc3)CC2)c1. The van der Waals surface area contributed by atoms with Gasteiger partial charge in [-0.1, -0.05) is 47.5 Å². The van der Waals surface area contributed by atoms with Crippen LogP contribution in [0.3, 0.4) is 0 Å². The molecule has 150 valence electrons. The lowest BCUT2D eigenvalue weighted by Crippen LogP contribution is -2.51. The third-order valence-corrected chi connectivity index (χ3v) is 5.73. The van der Waals surface area contributed by atoms with Gasteiger partial charge in [-0.05, 0) is 47.9 Å². The third kappa shape index (κ3) is 4.47. The van der Waals surface area contributed by atoms with Gasteiger partial charge in [-0.25, -0.2) is 4.79 Å². The second-order valence-corrected chi connectivity index (χ2v) is 8.15. The average molecular weight is 429 g/mol. The normalized spacial score (nSPS) is 15.1. The number of carbonyl (C=O) groups is 1. The van der Waals surface area contributed by atoms with Crippen molar-refractivity contribution < 1.29 is 4.79 Å². The van der Waals surface area contributed by atoms with Crippen LogP contribution in [0.25, 0.3) is 0 Å². The van der Waals surface area contributed by atoms with Gasteiger partial charge in [0.05, 0.1) is 12.2 Å². The van der Waals surface area contributed by atoms with E-state index in [1.165, 1.54) is 15.8 Å². The number of halogens is 2. The van der Waals surface area contributed by atoms with Gasteiger partial charge in [0.15, 0.2) is 0 Å². The van der Waals surface area contributed by atoms with Crippen LogP contribution in [0.1, 0.15) is 22.7 Å². The molecule has 0 bridgehead atoms. The molecule has 3 aromatic rings. The Morgan fingerprint density at radius 3 is 1.86 bits per heavy atom. The number of aryl methyl sites for hydroxylation is 1. The van der Waals surface area contributed by atoms with Crippen molar-refractivity contribution in [2.75, 3.05) is 26.2 Å². The van der Waals surface area contributed by atoms with Crippen LogP contribution in [-0.2, 0) is 0 Å². The summed E-state index contributed by atoms with van der Waals surface area (Å²) in [7, 11) is 0. The number of nitrogens with zero attached hydrogens (tertiary/aromatic N) is 4. The maximum absolute atomic E-state index is 12.7. The molecule has 1 amide bonds. The highest BCUT2D eigenvalue weighted by Crippen LogP contribution is 2.31. The summed E-state index contributed by atoms with van der Waals surface area (Å²) in [5.41, 5.74) is 3.31. The fourth-order valence-electron chi connectivity index (χ4n) is 3.74. The molecule has 5 nitrogen and oxygen atoms in total. The molecule has 0 spiro atoms. The first-order valence-corrected chi connectivity index (χ1v) is 10.3. The molecule has 1 aliphatic rings. The van der Waals surface area contributed by atoms with Gasteiger partial charge in [0, 0.05) is 42.4 Å². The Morgan fingerprint density at radius 1 is 0.897 bits per heavy atom. The van der Waals surface area contributed by atoms with Crippen molar-refractivity contribution in [3.05, 3.63) is 87.7 Å². The summed E-state index contributed by atoms with van der Waals surface area (Å²) in [5.74, 6) is 0. The van der Waals surface area contributed by atoms with E-state index < -0.39 is 0 Å². The van der Waals surface area contributed by atoms with Crippen molar-refractivity contribution in [2.24, 2.45) is 0 Å². The summed E-state index contributed by atoms with van der Waals surface area (Å²) in [6.45, 7) is 4.76. The maximum atomic E-state index is 12.7. The van der Waals surface area contributed by atoms with E-state index in [1.807, 2.05) is 36.1 Å². The molecule has 4 rings (SSSR count). The van der Waals surface area contributed by atoms with Gasteiger partial charge in [-0.2, -0.15) is 9.78 Å². The minimum Gasteiger partial charge on any atom is -0.320 e. The summed E-state index contributed by atoms with van der Waals surface area (Å²) in [6.07, 6.45) is 3.46. The molecule has 2 aromatic carbocycles. The third-order valence-electron chi connectivity index (χ3n) is 5.23. The number of hydrogen-bond donors (Lipinski definition) is 0. The van der Waals surface area contributed by atoms with Crippen LogP contribution in [0.15, 0.2) is 60.9 Å². The van der Waals surface area contributed by atoms with Crippen molar-refractivity contribution >= 4 is 29.2 Å². The van der Waals surface area contributed by atoms with Crippen molar-refractivity contribution in [1.29, 1.82) is 0 Å². The van der Waals surface area contributed by atoms with Crippen molar-refractivity contribution in [2.45, 2.75) is 13.0 Å². The largest absolute Gasteiger partial charge is 0.344 e. The Kier molecular flexibility index (Phi) is 5.90. The zero-order valence-electron chi connectivity index (χ0n) is 16.1. The first kappa shape index (κ1) is 20.0. The van der Waals surface area contributed by atoms with Crippen LogP contribution in [0.5, 0.6) is 0 Å². The van der Waals surface area contributed by atoms with E-state index in [0.29, 0.717) is 23.1 Å². The number of piperazine rings is 1. The van der Waals surface area contributed by atoms with Crippen molar-refractivity contribution in [1.82, 2.24) is 19.6 Å². The molecule has 29 heavy (non-hydrogen) atoms. The minimum absolute atomic E-state index is 0.0766. The van der Waals surface area contributed by atoms with E-state index in [-0.39, 0.29) is 12.1 Å². The monoisotopic (exact) mass is 428 g/mol. The molecule has 0 aliphatic carbocycles. The highest BCUT2D eigenvalue weighted by molar-refractivity contribution is 6.30. The molecule has 1 aliphatic heterocycles. The van der Waals surface area contributed by atoms with Crippen molar-refractivity contribution in [3.63, 3.8) is 0 Å². The molecule has 7 heteroatoms. The van der Waals surface area contributed by atoms with E-state index in [4.69, 9.17) is 23.2 Å². The number of carbonyl (C=O) groups excluding carboxylic acids is 1. The van der Waals surface area contributed by atoms with Crippen LogP contribution in [0.2, 0.25) is 10.0 Å². The quantitative estimate of drug-likeness (QED) is 0.597. The van der Waals surface area contributed by atoms with Gasteiger partial charge in [-0.3, -0.25) is 4.90 Å². The number of rotatable bonds is 3. The average Bonchev–Trinajstić information content (AvgIpc) is 3.17. The van der Waals surface area contributed by atoms with E-state index in [2.05, 4.69) is 34.3 Å². The van der Waals surface area contributed by atoms with E-state index in [0.717, 1.165) is 18.7 Å². The van der Waals surface area contributed by atoms with Gasteiger partial charge < -0.3 is 4.90 Å². The molecule has 2 heterocycles. The second kappa shape index (κ2) is 8.57. The lowest BCUT2D eigenvalue weighted by Gasteiger charge is -2.39. The Bertz CT molecular complexity index is 931. The van der Waals surface area contributed by atoms with Crippen LogP contribution in [0.4, 0.5) is 4.79 Å². The minimum atomic E-state index is -0.0766. The zero-order valence-corrected chi connectivity index (χ0v) is 17.6. The topological polar surface area (TPSA) is 41.4 Å². The fourth-order valence-corrected chi connectivity index (χ4v) is 3.99. The van der Waals surface area contributed by atoms with Crippen molar-refractivity contribution in [3.8, 4) is 0 Å². The van der Waals surface area contributed by atoms with Gasteiger partial charge >= 0.3 is 6.03 Å². The number of benzene rings is 2. The lowest BCUT2D eigenvalue weighted by molar-refractivity contribution is 0.119. The predicted octanol–water partition coefficient (Wildman–Crippen LogP) is 4.87. The van der Waals surface area contributed by atoms with Crippen LogP contribution in [-0.4, -0.2) is 51.8 Å². The first-order valence-electron chi connectivity index (χ1n) is 9.57. The summed E-state index contributed by atoms with van der Waals surface area (Å²) in [5, 5.41) is 5.58. The van der Waals surface area contributed by atoms with E-state index in [9.17, 15) is 4.79 Å². The smallest absolute Gasteiger partial charge is 0.320 e. The summed E-state index contributed by atoms with van der Waals surface area (Å²) < 4.78 is 1.42. The summed E-state index contributed by atoms with van der Waals surface area (Å²) in [4.78, 5) is 16.9. The van der Waals surface area contributed by atoms with Crippen LogP contribution in [0, 0.1) is 6.92 Å². The first-order chi connectivity index (χ1) is 14.0. The Hall–Kier alpha value is -2.34. The number of hydrogen-bond acceptors (Lipinski definition) is 3. The fraction of sp³-hybridized carbons (Fsp3) is 0.273. The Morgan fingerprint density at radius 2 is 1.41 bits per heavy atom. The number of amides is 1. The van der Waals surface area contributed by atoms with Crippen LogP contribution < -0.4 is 0 Å². The molecule has 1 fully saturated rings. The van der Waals surface area contributed by atoms with Gasteiger partial charge in [0.25, 0.3) is 0 Å². The maximum Gasteiger partial charge on any atom is 0.344 e. The highest BCUT2D eigenvalue weighted by Gasteiger charge is 2.29. The molecule has 0 unspecified atom stereocenters. The zero-order chi connectivity index (χ0) is 20.4. The van der Waals surface area contributed by atoms with Gasteiger partial charge in [0.1, 0.15) is 0 Å². The second-order valence-electron chi connectivity index (χ2n) is 7.27. The molecule has 1 saturated heterocycles. The van der Waals surface area contributed by atoms with E-state index in [1.54, 1.807) is 12.4 Å². The molecule has 0 atom stereocenters. The molecule has 0 saturated carbocycles.